The summed E-state index contributed by atoms with van der Waals surface area (Å²) in [5.74, 6) is -1.93. The normalized spacial score (nSPS) is 11.4. The van der Waals surface area contributed by atoms with Crippen molar-refractivity contribution < 1.29 is 23.5 Å². The Balaban J connectivity index is 1.87. The van der Waals surface area contributed by atoms with Crippen molar-refractivity contribution in [2.24, 2.45) is 0 Å². The van der Waals surface area contributed by atoms with Crippen molar-refractivity contribution in [1.82, 2.24) is 0 Å². The Morgan fingerprint density at radius 3 is 2.30 bits per heavy atom. The third kappa shape index (κ3) is 6.38. The number of ether oxygens (including phenoxy) is 1. The zero-order chi connectivity index (χ0) is 20.0. The first-order valence-corrected chi connectivity index (χ1v) is 8.44. The number of carbonyl (C=O) groups excluding carboxylic acids is 3. The van der Waals surface area contributed by atoms with Crippen LogP contribution in [0.15, 0.2) is 42.5 Å². The Morgan fingerprint density at radius 1 is 1.07 bits per heavy atom. The van der Waals surface area contributed by atoms with E-state index in [9.17, 15) is 18.8 Å². The summed E-state index contributed by atoms with van der Waals surface area (Å²) in [5.41, 5.74) is 1.58. The fourth-order valence-electron chi connectivity index (χ4n) is 2.19. The van der Waals surface area contributed by atoms with E-state index in [-0.39, 0.29) is 17.4 Å². The summed E-state index contributed by atoms with van der Waals surface area (Å²) in [5, 5.41) is 4.99. The quantitative estimate of drug-likeness (QED) is 0.736. The predicted molar refractivity (Wildman–Crippen MR) is 100 cm³/mol. The first-order valence-electron chi connectivity index (χ1n) is 8.06. The van der Waals surface area contributed by atoms with Crippen molar-refractivity contribution in [3.05, 3.63) is 58.9 Å². The molecule has 0 aromatic heterocycles. The second-order valence-corrected chi connectivity index (χ2v) is 6.21. The largest absolute Gasteiger partial charge is 0.452 e. The molecule has 0 unspecified atom stereocenters. The topological polar surface area (TPSA) is 84.5 Å². The highest BCUT2D eigenvalue weighted by atomic mass is 35.5. The van der Waals surface area contributed by atoms with Crippen LogP contribution < -0.4 is 10.6 Å². The third-order valence-corrected chi connectivity index (χ3v) is 3.78. The monoisotopic (exact) mass is 392 g/mol. The average Bonchev–Trinajstić information content (AvgIpc) is 2.59. The molecule has 0 spiro atoms. The highest BCUT2D eigenvalue weighted by Gasteiger charge is 2.18. The molecule has 0 saturated heterocycles. The van der Waals surface area contributed by atoms with E-state index in [4.69, 9.17) is 16.3 Å². The second kappa shape index (κ2) is 9.14. The Bertz CT molecular complexity index is 855. The Morgan fingerprint density at radius 2 is 1.70 bits per heavy atom. The molecule has 0 aliphatic heterocycles. The van der Waals surface area contributed by atoms with Gasteiger partial charge in [-0.05, 0) is 42.8 Å². The molecule has 0 saturated carbocycles. The summed E-state index contributed by atoms with van der Waals surface area (Å²) in [7, 11) is 0. The minimum atomic E-state index is -1.04. The van der Waals surface area contributed by atoms with Crippen LogP contribution in [0.5, 0.6) is 0 Å². The molecule has 0 aliphatic carbocycles. The fourth-order valence-corrected chi connectivity index (χ4v) is 2.37. The van der Waals surface area contributed by atoms with Gasteiger partial charge in [0, 0.05) is 18.3 Å². The Kier molecular flexibility index (Phi) is 6.90. The third-order valence-electron chi connectivity index (χ3n) is 3.49. The van der Waals surface area contributed by atoms with Crippen LogP contribution in [0.25, 0.3) is 0 Å². The molecule has 2 aromatic rings. The highest BCUT2D eigenvalue weighted by Crippen LogP contribution is 2.19. The van der Waals surface area contributed by atoms with E-state index < -0.39 is 23.8 Å². The van der Waals surface area contributed by atoms with Gasteiger partial charge in [-0.1, -0.05) is 23.7 Å². The molecule has 0 radical (unpaired) electrons. The van der Waals surface area contributed by atoms with Crippen LogP contribution >= 0.6 is 11.6 Å². The van der Waals surface area contributed by atoms with Crippen molar-refractivity contribution in [2.75, 3.05) is 10.6 Å². The van der Waals surface area contributed by atoms with E-state index in [1.807, 2.05) is 0 Å². The van der Waals surface area contributed by atoms with Gasteiger partial charge in [0.15, 0.2) is 6.10 Å². The van der Waals surface area contributed by atoms with Gasteiger partial charge in [0.25, 0.3) is 5.91 Å². The number of carbonyl (C=O) groups is 3. The van der Waals surface area contributed by atoms with Crippen LogP contribution in [0.4, 0.5) is 15.8 Å². The van der Waals surface area contributed by atoms with E-state index in [0.717, 1.165) is 6.07 Å². The zero-order valence-electron chi connectivity index (χ0n) is 14.7. The molecule has 2 aromatic carbocycles. The second-order valence-electron chi connectivity index (χ2n) is 5.81. The van der Waals surface area contributed by atoms with Gasteiger partial charge in [0.2, 0.25) is 5.91 Å². The molecule has 0 fully saturated rings. The zero-order valence-corrected chi connectivity index (χ0v) is 15.5. The molecular formula is C19H18ClFN2O4. The van der Waals surface area contributed by atoms with E-state index in [2.05, 4.69) is 10.6 Å². The Labute approximate surface area is 160 Å². The van der Waals surface area contributed by atoms with Gasteiger partial charge in [-0.3, -0.25) is 14.4 Å². The minimum absolute atomic E-state index is 0.0274. The molecule has 1 atom stereocenters. The van der Waals surface area contributed by atoms with Gasteiger partial charge in [0.1, 0.15) is 5.82 Å². The fraction of sp³-hybridized carbons (Fsp3) is 0.211. The van der Waals surface area contributed by atoms with Crippen LogP contribution in [-0.4, -0.2) is 23.9 Å². The number of hydrogen-bond acceptors (Lipinski definition) is 4. The number of benzene rings is 2. The van der Waals surface area contributed by atoms with Crippen LogP contribution in [0.1, 0.15) is 19.4 Å². The van der Waals surface area contributed by atoms with Gasteiger partial charge in [0.05, 0.1) is 11.4 Å². The van der Waals surface area contributed by atoms with Crippen molar-refractivity contribution in [3.8, 4) is 0 Å². The molecule has 27 heavy (non-hydrogen) atoms. The molecule has 142 valence electrons. The number of hydrogen-bond donors (Lipinski definition) is 2. The number of halogens is 2. The first kappa shape index (κ1) is 20.4. The van der Waals surface area contributed by atoms with Gasteiger partial charge >= 0.3 is 5.97 Å². The van der Waals surface area contributed by atoms with Crippen molar-refractivity contribution in [1.29, 1.82) is 0 Å². The molecule has 0 heterocycles. The summed E-state index contributed by atoms with van der Waals surface area (Å²) in [6, 6.07) is 10.4. The molecule has 6 nitrogen and oxygen atoms in total. The van der Waals surface area contributed by atoms with Crippen LogP contribution in [0.2, 0.25) is 5.02 Å². The lowest BCUT2D eigenvalue weighted by Gasteiger charge is -2.14. The van der Waals surface area contributed by atoms with Gasteiger partial charge < -0.3 is 15.4 Å². The SMILES string of the molecule is CC(=O)Nc1ccc(CC(=O)O[C@H](C)C(=O)Nc2ccc(F)c(Cl)c2)cc1. The van der Waals surface area contributed by atoms with E-state index in [1.54, 1.807) is 24.3 Å². The van der Waals surface area contributed by atoms with E-state index in [1.165, 1.54) is 26.0 Å². The average molecular weight is 393 g/mol. The molecule has 2 amide bonds. The summed E-state index contributed by atoms with van der Waals surface area (Å²) in [6.07, 6.45) is -1.07. The van der Waals surface area contributed by atoms with Gasteiger partial charge in [-0.15, -0.1) is 0 Å². The highest BCUT2D eigenvalue weighted by molar-refractivity contribution is 6.31. The molecule has 0 aliphatic rings. The van der Waals surface area contributed by atoms with Crippen molar-refractivity contribution >= 4 is 40.8 Å². The predicted octanol–water partition coefficient (Wildman–Crippen LogP) is 3.55. The smallest absolute Gasteiger partial charge is 0.311 e. The molecule has 8 heteroatoms. The van der Waals surface area contributed by atoms with Crippen molar-refractivity contribution in [3.63, 3.8) is 0 Å². The number of anilines is 2. The van der Waals surface area contributed by atoms with Crippen LogP contribution in [0, 0.1) is 5.82 Å². The summed E-state index contributed by atoms with van der Waals surface area (Å²) in [4.78, 5) is 35.1. The lowest BCUT2D eigenvalue weighted by Crippen LogP contribution is -2.30. The lowest BCUT2D eigenvalue weighted by molar-refractivity contribution is -0.152. The minimum Gasteiger partial charge on any atom is -0.452 e. The van der Waals surface area contributed by atoms with E-state index >= 15 is 0 Å². The van der Waals surface area contributed by atoms with Crippen LogP contribution in [0.3, 0.4) is 0 Å². The molecule has 2 N–H and O–H groups in total. The van der Waals surface area contributed by atoms with Crippen LogP contribution in [-0.2, 0) is 25.5 Å². The summed E-state index contributed by atoms with van der Waals surface area (Å²) < 4.78 is 18.2. The number of nitrogens with one attached hydrogen (secondary N) is 2. The van der Waals surface area contributed by atoms with Crippen molar-refractivity contribution in [2.45, 2.75) is 26.4 Å². The standard InChI is InChI=1S/C19H18ClFN2O4/c1-11(19(26)23-15-7-8-17(21)16(20)10-15)27-18(25)9-13-3-5-14(6-4-13)22-12(2)24/h3-8,10-11H,9H2,1-2H3,(H,22,24)(H,23,26)/t11-/m1/s1. The first-order chi connectivity index (χ1) is 12.7. The number of esters is 1. The maximum Gasteiger partial charge on any atom is 0.311 e. The molecule has 2 rings (SSSR count). The summed E-state index contributed by atoms with van der Waals surface area (Å²) in [6.45, 7) is 2.83. The number of rotatable bonds is 6. The van der Waals surface area contributed by atoms with Gasteiger partial charge in [-0.25, -0.2) is 4.39 Å². The summed E-state index contributed by atoms with van der Waals surface area (Å²) >= 11 is 5.66. The number of amides is 2. The molecular weight excluding hydrogens is 375 g/mol. The lowest BCUT2D eigenvalue weighted by atomic mass is 10.1. The maximum atomic E-state index is 13.1. The van der Waals surface area contributed by atoms with Gasteiger partial charge in [-0.2, -0.15) is 0 Å². The Hall–Kier alpha value is -2.93. The molecule has 0 bridgehead atoms. The van der Waals surface area contributed by atoms with E-state index in [0.29, 0.717) is 16.9 Å². The maximum absolute atomic E-state index is 13.1.